The Morgan fingerprint density at radius 1 is 1.16 bits per heavy atom. The molecule has 0 spiro atoms. The van der Waals surface area contributed by atoms with Crippen LogP contribution >= 0.6 is 0 Å². The van der Waals surface area contributed by atoms with Gasteiger partial charge in [0.2, 0.25) is 11.9 Å². The first-order chi connectivity index (χ1) is 12.1. The summed E-state index contributed by atoms with van der Waals surface area (Å²) in [7, 11) is 0. The highest BCUT2D eigenvalue weighted by molar-refractivity contribution is 5.78. The molecule has 0 atom stereocenters. The minimum Gasteiger partial charge on any atom is -0.369 e. The van der Waals surface area contributed by atoms with E-state index in [0.29, 0.717) is 13.1 Å². The maximum absolute atomic E-state index is 13.2. The summed E-state index contributed by atoms with van der Waals surface area (Å²) in [5.41, 5.74) is 3.15. The van der Waals surface area contributed by atoms with E-state index < -0.39 is 5.95 Å². The maximum atomic E-state index is 13.2. The van der Waals surface area contributed by atoms with E-state index in [-0.39, 0.29) is 5.91 Å². The molecule has 0 saturated carbocycles. The van der Waals surface area contributed by atoms with Gasteiger partial charge in [0.05, 0.1) is 6.54 Å². The van der Waals surface area contributed by atoms with Crippen LogP contribution in [-0.2, 0) is 11.3 Å². The van der Waals surface area contributed by atoms with Crippen LogP contribution in [0.25, 0.3) is 0 Å². The van der Waals surface area contributed by atoms with Gasteiger partial charge in [0, 0.05) is 50.7 Å². The molecule has 2 heterocycles. The van der Waals surface area contributed by atoms with Gasteiger partial charge in [0.1, 0.15) is 0 Å². The van der Waals surface area contributed by atoms with Crippen LogP contribution in [0.1, 0.15) is 11.1 Å². The van der Waals surface area contributed by atoms with Gasteiger partial charge in [-0.25, -0.2) is 4.98 Å². The van der Waals surface area contributed by atoms with E-state index >= 15 is 0 Å². The SMILES string of the molecule is Cc1ccc(CNC(=O)CN2CCN(c3ccnc(F)c3)CC2)cc1. The predicted molar refractivity (Wildman–Crippen MR) is 95.9 cm³/mol. The third kappa shape index (κ3) is 5.00. The summed E-state index contributed by atoms with van der Waals surface area (Å²) in [5.74, 6) is -0.431. The number of halogens is 1. The van der Waals surface area contributed by atoms with Crippen molar-refractivity contribution in [2.24, 2.45) is 0 Å². The predicted octanol–water partition coefficient (Wildman–Crippen LogP) is 1.97. The van der Waals surface area contributed by atoms with Crippen molar-refractivity contribution in [2.45, 2.75) is 13.5 Å². The van der Waals surface area contributed by atoms with Crippen LogP contribution in [0.2, 0.25) is 0 Å². The lowest BCUT2D eigenvalue weighted by Crippen LogP contribution is -2.49. The minimum atomic E-state index is -0.463. The molecular formula is C19H23FN4O. The second-order valence-electron chi connectivity index (χ2n) is 6.36. The molecule has 0 radical (unpaired) electrons. The molecule has 2 aromatic rings. The van der Waals surface area contributed by atoms with E-state index in [2.05, 4.69) is 20.1 Å². The number of nitrogens with one attached hydrogen (secondary N) is 1. The monoisotopic (exact) mass is 342 g/mol. The van der Waals surface area contributed by atoms with Gasteiger partial charge in [0.15, 0.2) is 0 Å². The van der Waals surface area contributed by atoms with Crippen LogP contribution in [0.15, 0.2) is 42.6 Å². The lowest BCUT2D eigenvalue weighted by Gasteiger charge is -2.35. The molecular weight excluding hydrogens is 319 g/mol. The van der Waals surface area contributed by atoms with Crippen LogP contribution in [-0.4, -0.2) is 48.5 Å². The molecule has 0 unspecified atom stereocenters. The normalized spacial score (nSPS) is 15.2. The molecule has 1 aliphatic rings. The molecule has 1 aliphatic heterocycles. The highest BCUT2D eigenvalue weighted by Gasteiger charge is 2.19. The van der Waals surface area contributed by atoms with Crippen molar-refractivity contribution in [2.75, 3.05) is 37.6 Å². The zero-order chi connectivity index (χ0) is 17.6. The number of benzene rings is 1. The first kappa shape index (κ1) is 17.4. The topological polar surface area (TPSA) is 48.5 Å². The van der Waals surface area contributed by atoms with Gasteiger partial charge in [-0.2, -0.15) is 4.39 Å². The van der Waals surface area contributed by atoms with Crippen molar-refractivity contribution in [1.82, 2.24) is 15.2 Å². The molecule has 1 N–H and O–H groups in total. The third-order valence-electron chi connectivity index (χ3n) is 4.43. The maximum Gasteiger partial charge on any atom is 0.234 e. The van der Waals surface area contributed by atoms with Crippen LogP contribution in [0, 0.1) is 12.9 Å². The number of pyridine rings is 1. The number of aromatic nitrogens is 1. The summed E-state index contributed by atoms with van der Waals surface area (Å²) >= 11 is 0. The number of aryl methyl sites for hydroxylation is 1. The lowest BCUT2D eigenvalue weighted by atomic mass is 10.1. The van der Waals surface area contributed by atoms with Gasteiger partial charge in [-0.3, -0.25) is 9.69 Å². The number of carbonyl (C=O) groups excluding carboxylic acids is 1. The first-order valence-corrected chi connectivity index (χ1v) is 8.51. The number of piperazine rings is 1. The Bertz CT molecular complexity index is 712. The average Bonchev–Trinajstić information content (AvgIpc) is 2.62. The second-order valence-corrected chi connectivity index (χ2v) is 6.36. The van der Waals surface area contributed by atoms with Gasteiger partial charge in [-0.05, 0) is 18.6 Å². The lowest BCUT2D eigenvalue weighted by molar-refractivity contribution is -0.122. The number of nitrogens with zero attached hydrogens (tertiary/aromatic N) is 3. The summed E-state index contributed by atoms with van der Waals surface area (Å²) in [6, 6.07) is 11.4. The Morgan fingerprint density at radius 2 is 1.88 bits per heavy atom. The molecule has 5 nitrogen and oxygen atoms in total. The summed E-state index contributed by atoms with van der Waals surface area (Å²) in [5, 5.41) is 2.96. The van der Waals surface area contributed by atoms with E-state index in [9.17, 15) is 9.18 Å². The van der Waals surface area contributed by atoms with Crippen LogP contribution in [0.5, 0.6) is 0 Å². The number of rotatable bonds is 5. The van der Waals surface area contributed by atoms with Gasteiger partial charge in [-0.15, -0.1) is 0 Å². The summed E-state index contributed by atoms with van der Waals surface area (Å²) in [4.78, 5) is 19.9. The average molecular weight is 342 g/mol. The van der Waals surface area contributed by atoms with E-state index in [1.807, 2.05) is 37.3 Å². The third-order valence-corrected chi connectivity index (χ3v) is 4.43. The van der Waals surface area contributed by atoms with Crippen molar-refractivity contribution in [3.63, 3.8) is 0 Å². The first-order valence-electron chi connectivity index (χ1n) is 8.51. The zero-order valence-electron chi connectivity index (χ0n) is 14.4. The molecule has 1 aromatic carbocycles. The fraction of sp³-hybridized carbons (Fsp3) is 0.368. The van der Waals surface area contributed by atoms with Gasteiger partial charge in [0.25, 0.3) is 0 Å². The number of anilines is 1. The molecule has 1 saturated heterocycles. The summed E-state index contributed by atoms with van der Waals surface area (Å²) in [6.07, 6.45) is 1.48. The minimum absolute atomic E-state index is 0.0315. The Kier molecular flexibility index (Phi) is 5.60. The van der Waals surface area contributed by atoms with E-state index in [1.165, 1.54) is 17.8 Å². The van der Waals surface area contributed by atoms with E-state index in [1.54, 1.807) is 0 Å². The Balaban J connectivity index is 1.42. The van der Waals surface area contributed by atoms with Crippen LogP contribution in [0.4, 0.5) is 10.1 Å². The second kappa shape index (κ2) is 8.07. The Labute approximate surface area is 147 Å². The number of hydrogen-bond donors (Lipinski definition) is 1. The van der Waals surface area contributed by atoms with Gasteiger partial charge >= 0.3 is 0 Å². The quantitative estimate of drug-likeness (QED) is 0.844. The number of hydrogen-bond acceptors (Lipinski definition) is 4. The zero-order valence-corrected chi connectivity index (χ0v) is 14.4. The molecule has 0 bridgehead atoms. The molecule has 1 aromatic heterocycles. The number of carbonyl (C=O) groups is 1. The highest BCUT2D eigenvalue weighted by atomic mass is 19.1. The molecule has 1 amide bonds. The molecule has 25 heavy (non-hydrogen) atoms. The van der Waals surface area contributed by atoms with Crippen LogP contribution in [0.3, 0.4) is 0 Å². The van der Waals surface area contributed by atoms with E-state index in [0.717, 1.165) is 37.4 Å². The van der Waals surface area contributed by atoms with Crippen molar-refractivity contribution >= 4 is 11.6 Å². The summed E-state index contributed by atoms with van der Waals surface area (Å²) < 4.78 is 13.2. The van der Waals surface area contributed by atoms with Crippen molar-refractivity contribution < 1.29 is 9.18 Å². The molecule has 3 rings (SSSR count). The smallest absolute Gasteiger partial charge is 0.234 e. The highest BCUT2D eigenvalue weighted by Crippen LogP contribution is 2.16. The summed E-state index contributed by atoms with van der Waals surface area (Å²) in [6.45, 7) is 6.09. The number of amides is 1. The van der Waals surface area contributed by atoms with Crippen LogP contribution < -0.4 is 10.2 Å². The largest absolute Gasteiger partial charge is 0.369 e. The molecule has 132 valence electrons. The fourth-order valence-electron chi connectivity index (χ4n) is 2.92. The fourth-order valence-corrected chi connectivity index (χ4v) is 2.92. The van der Waals surface area contributed by atoms with Crippen molar-refractivity contribution in [3.05, 3.63) is 59.7 Å². The van der Waals surface area contributed by atoms with E-state index in [4.69, 9.17) is 0 Å². The standard InChI is InChI=1S/C19H23FN4O/c1-15-2-4-16(5-3-15)13-22-19(25)14-23-8-10-24(11-9-23)17-6-7-21-18(20)12-17/h2-7,12H,8-11,13-14H2,1H3,(H,22,25). The molecule has 0 aliphatic carbocycles. The van der Waals surface area contributed by atoms with Gasteiger partial charge < -0.3 is 10.2 Å². The Hall–Kier alpha value is -2.47. The van der Waals surface area contributed by atoms with Crippen molar-refractivity contribution in [1.29, 1.82) is 0 Å². The molecule has 6 heteroatoms. The Morgan fingerprint density at radius 3 is 2.56 bits per heavy atom. The molecule has 1 fully saturated rings. The van der Waals surface area contributed by atoms with Gasteiger partial charge in [-0.1, -0.05) is 29.8 Å². The van der Waals surface area contributed by atoms with Crippen molar-refractivity contribution in [3.8, 4) is 0 Å².